The fraction of sp³-hybridized carbons (Fsp3) is 0.190. The maximum absolute atomic E-state index is 13.0. The molecule has 34 heavy (non-hydrogen) atoms. The Balaban J connectivity index is 1.91. The first kappa shape index (κ1) is 23.3. The molecule has 4 rings (SSSR count). The van der Waals surface area contributed by atoms with Gasteiger partial charge in [-0.2, -0.15) is 26.3 Å². The Kier molecular flexibility index (Phi) is 5.81. The molecule has 0 saturated carbocycles. The lowest BCUT2D eigenvalue weighted by molar-refractivity contribution is -0.207. The Morgan fingerprint density at radius 1 is 1.00 bits per heavy atom. The van der Waals surface area contributed by atoms with Gasteiger partial charge in [-0.25, -0.2) is 9.97 Å². The van der Waals surface area contributed by atoms with Gasteiger partial charge in [0.1, 0.15) is 11.2 Å². The smallest absolute Gasteiger partial charge is 0.382 e. The predicted octanol–water partition coefficient (Wildman–Crippen LogP) is 3.86. The first-order valence-corrected chi connectivity index (χ1v) is 9.54. The highest BCUT2D eigenvalue weighted by atomic mass is 19.4. The van der Waals surface area contributed by atoms with Gasteiger partial charge in [-0.05, 0) is 30.3 Å². The topological polar surface area (TPSA) is 93.8 Å². The van der Waals surface area contributed by atoms with Gasteiger partial charge in [0.25, 0.3) is 5.56 Å². The zero-order chi connectivity index (χ0) is 24.7. The van der Waals surface area contributed by atoms with E-state index in [9.17, 15) is 36.2 Å². The van der Waals surface area contributed by atoms with Crippen LogP contribution in [-0.4, -0.2) is 41.9 Å². The van der Waals surface area contributed by atoms with E-state index in [1.165, 1.54) is 18.5 Å². The van der Waals surface area contributed by atoms with Gasteiger partial charge in [0, 0.05) is 29.7 Å². The molecule has 0 spiro atoms. The van der Waals surface area contributed by atoms with Crippen molar-refractivity contribution in [2.24, 2.45) is 0 Å². The Bertz CT molecular complexity index is 1390. The summed E-state index contributed by atoms with van der Waals surface area (Å²) in [6, 6.07) is 6.23. The molecule has 13 heteroatoms. The van der Waals surface area contributed by atoms with Crippen LogP contribution in [0.5, 0.6) is 0 Å². The Morgan fingerprint density at radius 3 is 2.35 bits per heavy atom. The second-order valence-electron chi connectivity index (χ2n) is 7.18. The van der Waals surface area contributed by atoms with E-state index >= 15 is 0 Å². The van der Waals surface area contributed by atoms with E-state index in [1.54, 1.807) is 12.1 Å². The molecule has 0 amide bonds. The van der Waals surface area contributed by atoms with Crippen molar-refractivity contribution in [2.75, 3.05) is 0 Å². The van der Waals surface area contributed by atoms with Gasteiger partial charge in [-0.1, -0.05) is 0 Å². The Morgan fingerprint density at radius 2 is 1.76 bits per heavy atom. The normalized spacial score (nSPS) is 13.3. The molecule has 0 saturated heterocycles. The molecule has 1 N–H and O–H groups in total. The second-order valence-corrected chi connectivity index (χ2v) is 7.18. The van der Waals surface area contributed by atoms with Crippen LogP contribution in [0.2, 0.25) is 0 Å². The largest absolute Gasteiger partial charge is 0.433 e. The van der Waals surface area contributed by atoms with Crippen LogP contribution < -0.4 is 5.56 Å². The highest BCUT2D eigenvalue weighted by Gasteiger charge is 2.38. The highest BCUT2D eigenvalue weighted by molar-refractivity contribution is 5.93. The molecule has 176 valence electrons. The van der Waals surface area contributed by atoms with Crippen molar-refractivity contribution in [1.82, 2.24) is 24.5 Å². The summed E-state index contributed by atoms with van der Waals surface area (Å²) in [7, 11) is 0. The second kappa shape index (κ2) is 8.48. The lowest BCUT2D eigenvalue weighted by Gasteiger charge is -2.16. The van der Waals surface area contributed by atoms with Crippen LogP contribution in [0.25, 0.3) is 33.4 Å². The number of alkyl halides is 6. The molecule has 0 aliphatic heterocycles. The zero-order valence-corrected chi connectivity index (χ0v) is 16.8. The molecule has 7 nitrogen and oxygen atoms in total. The third kappa shape index (κ3) is 4.59. The number of fused-ring (bicyclic) bond motifs is 1. The molecule has 4 aromatic heterocycles. The Labute approximate surface area is 186 Å². The van der Waals surface area contributed by atoms with Crippen LogP contribution >= 0.6 is 0 Å². The Hall–Kier alpha value is -3.87. The van der Waals surface area contributed by atoms with Gasteiger partial charge in [0.2, 0.25) is 0 Å². The molecule has 0 aliphatic rings. The van der Waals surface area contributed by atoms with E-state index in [0.717, 1.165) is 24.7 Å². The molecule has 0 bridgehead atoms. The summed E-state index contributed by atoms with van der Waals surface area (Å²) in [6.07, 6.45) is -7.74. The number of aliphatic hydroxyl groups is 1. The maximum atomic E-state index is 13.0. The minimum Gasteiger partial charge on any atom is -0.382 e. The molecule has 0 aromatic carbocycles. The van der Waals surface area contributed by atoms with E-state index in [0.29, 0.717) is 10.1 Å². The van der Waals surface area contributed by atoms with Gasteiger partial charge in [-0.15, -0.1) is 0 Å². The molecule has 0 aliphatic carbocycles. The van der Waals surface area contributed by atoms with E-state index in [4.69, 9.17) is 0 Å². The molecule has 1 unspecified atom stereocenters. The van der Waals surface area contributed by atoms with Crippen molar-refractivity contribution >= 4 is 10.9 Å². The molecule has 4 aromatic rings. The van der Waals surface area contributed by atoms with Crippen molar-refractivity contribution in [2.45, 2.75) is 25.0 Å². The minimum absolute atomic E-state index is 0.0411. The number of pyridine rings is 3. The van der Waals surface area contributed by atoms with Crippen LogP contribution in [0, 0.1) is 0 Å². The third-order valence-electron chi connectivity index (χ3n) is 4.84. The fourth-order valence-corrected chi connectivity index (χ4v) is 3.15. The summed E-state index contributed by atoms with van der Waals surface area (Å²) < 4.78 is 77.5. The zero-order valence-electron chi connectivity index (χ0n) is 16.8. The van der Waals surface area contributed by atoms with Gasteiger partial charge >= 0.3 is 12.4 Å². The summed E-state index contributed by atoms with van der Waals surface area (Å²) in [4.78, 5) is 28.8. The number of halogens is 6. The third-order valence-corrected chi connectivity index (χ3v) is 4.84. The lowest BCUT2D eigenvalue weighted by atomic mass is 10.1. The molecular weight excluding hydrogens is 468 g/mol. The average Bonchev–Trinajstić information content (AvgIpc) is 2.80. The molecule has 4 heterocycles. The van der Waals surface area contributed by atoms with Gasteiger partial charge in [-0.3, -0.25) is 19.3 Å². The van der Waals surface area contributed by atoms with E-state index in [2.05, 4.69) is 19.9 Å². The lowest BCUT2D eigenvalue weighted by Crippen LogP contribution is -2.36. The molecule has 0 fully saturated rings. The van der Waals surface area contributed by atoms with Crippen molar-refractivity contribution in [3.63, 3.8) is 0 Å². The van der Waals surface area contributed by atoms with Crippen LogP contribution in [-0.2, 0) is 12.7 Å². The molecule has 1 atom stereocenters. The summed E-state index contributed by atoms with van der Waals surface area (Å²) in [5.74, 6) is 0. The number of hydrogen-bond donors (Lipinski definition) is 1. The number of rotatable bonds is 4. The SMILES string of the molecule is O=c1c2cc(-c3ccc(C(F)(F)F)nc3)nc(-c3cccnc3)c2ncn1CC(O)C(F)(F)F. The number of hydrogen-bond acceptors (Lipinski definition) is 6. The van der Waals surface area contributed by atoms with E-state index in [1.807, 2.05) is 0 Å². The molecular formula is C21H13F6N5O2. The minimum atomic E-state index is -4.95. The summed E-state index contributed by atoms with van der Waals surface area (Å²) in [5, 5.41) is 9.21. The number of aromatic nitrogens is 5. The monoisotopic (exact) mass is 481 g/mol. The average molecular weight is 481 g/mol. The summed E-state index contributed by atoms with van der Waals surface area (Å²) >= 11 is 0. The highest BCUT2D eigenvalue weighted by Crippen LogP contribution is 2.31. The number of aliphatic hydroxyl groups excluding tert-OH is 1. The predicted molar refractivity (Wildman–Crippen MR) is 107 cm³/mol. The van der Waals surface area contributed by atoms with Crippen molar-refractivity contribution < 1.29 is 31.4 Å². The standard InChI is InChI=1S/C21H13F6N5O2/c22-20(23,24)15-4-3-11(8-29-15)14-6-13-18(17(31-14)12-2-1-5-28-7-12)30-10-32(19(13)34)9-16(33)21(25,26)27/h1-8,10,16,33H,9H2. The van der Waals surface area contributed by atoms with Crippen LogP contribution in [0.15, 0.2) is 60.0 Å². The van der Waals surface area contributed by atoms with Gasteiger partial charge in [0.15, 0.2) is 6.10 Å². The quantitative estimate of drug-likeness (QED) is 0.445. The van der Waals surface area contributed by atoms with Crippen LogP contribution in [0.1, 0.15) is 5.69 Å². The van der Waals surface area contributed by atoms with E-state index in [-0.39, 0.29) is 27.9 Å². The van der Waals surface area contributed by atoms with Crippen molar-refractivity contribution in [3.8, 4) is 22.5 Å². The first-order valence-electron chi connectivity index (χ1n) is 9.54. The fourth-order valence-electron chi connectivity index (χ4n) is 3.15. The summed E-state index contributed by atoms with van der Waals surface area (Å²) in [6.45, 7) is -1.09. The van der Waals surface area contributed by atoms with Crippen LogP contribution in [0.4, 0.5) is 26.3 Å². The first-order chi connectivity index (χ1) is 15.9. The number of nitrogens with zero attached hydrogens (tertiary/aromatic N) is 5. The van der Waals surface area contributed by atoms with Gasteiger partial charge in [0.05, 0.1) is 29.6 Å². The maximum Gasteiger partial charge on any atom is 0.433 e. The van der Waals surface area contributed by atoms with Crippen molar-refractivity contribution in [1.29, 1.82) is 0 Å². The van der Waals surface area contributed by atoms with Crippen LogP contribution in [0.3, 0.4) is 0 Å². The van der Waals surface area contributed by atoms with Crippen molar-refractivity contribution in [3.05, 3.63) is 71.3 Å². The summed E-state index contributed by atoms with van der Waals surface area (Å²) in [5.41, 5.74) is -1.27. The van der Waals surface area contributed by atoms with Gasteiger partial charge < -0.3 is 5.11 Å². The van der Waals surface area contributed by atoms with E-state index < -0.39 is 36.3 Å². The molecule has 0 radical (unpaired) electrons.